The summed E-state index contributed by atoms with van der Waals surface area (Å²) < 4.78 is 0. The van der Waals surface area contributed by atoms with E-state index < -0.39 is 11.9 Å². The highest BCUT2D eigenvalue weighted by Crippen LogP contribution is 2.38. The van der Waals surface area contributed by atoms with Gasteiger partial charge in [0.15, 0.2) is 0 Å². The molecule has 154 valence electrons. The van der Waals surface area contributed by atoms with Gasteiger partial charge < -0.3 is 15.9 Å². The Kier molecular flexibility index (Phi) is 6.00. The van der Waals surface area contributed by atoms with Crippen molar-refractivity contribution in [2.45, 2.75) is 32.4 Å². The zero-order chi connectivity index (χ0) is 21.1. The number of amides is 1. The fourth-order valence-electron chi connectivity index (χ4n) is 3.60. The van der Waals surface area contributed by atoms with Gasteiger partial charge in [-0.25, -0.2) is 15.1 Å². The smallest absolute Gasteiger partial charge is 0.338 e. The molecule has 0 radical (unpaired) electrons. The third kappa shape index (κ3) is 4.30. The number of anilines is 1. The van der Waals surface area contributed by atoms with Gasteiger partial charge in [-0.05, 0) is 36.5 Å². The van der Waals surface area contributed by atoms with Crippen molar-refractivity contribution in [1.82, 2.24) is 10.4 Å². The number of carbonyl (C=O) groups is 3. The summed E-state index contributed by atoms with van der Waals surface area (Å²) in [6, 6.07) is 6.09. The minimum absolute atomic E-state index is 0.00964. The summed E-state index contributed by atoms with van der Waals surface area (Å²) in [5.74, 6) is -2.98. The number of carboxylic acid groups (broad SMARTS) is 2. The van der Waals surface area contributed by atoms with Gasteiger partial charge in [-0.15, -0.1) is 0 Å². The molecule has 1 amide bonds. The van der Waals surface area contributed by atoms with Crippen LogP contribution < -0.4 is 11.2 Å². The van der Waals surface area contributed by atoms with Gasteiger partial charge in [-0.2, -0.15) is 0 Å². The minimum atomic E-state index is -1.31. The van der Waals surface area contributed by atoms with Gasteiger partial charge in [0, 0.05) is 13.1 Å². The molecule has 1 heterocycles. The Morgan fingerprint density at radius 2 is 1.59 bits per heavy atom. The summed E-state index contributed by atoms with van der Waals surface area (Å²) in [5, 5.41) is 18.8. The molecule has 1 unspecified atom stereocenters. The summed E-state index contributed by atoms with van der Waals surface area (Å²) >= 11 is 0. The summed E-state index contributed by atoms with van der Waals surface area (Å²) in [4.78, 5) is 42.8. The zero-order valence-corrected chi connectivity index (χ0v) is 16.0. The van der Waals surface area contributed by atoms with E-state index >= 15 is 0 Å². The Labute approximate surface area is 167 Å². The van der Waals surface area contributed by atoms with Crippen LogP contribution in [0.4, 0.5) is 5.69 Å². The van der Waals surface area contributed by atoms with Crippen molar-refractivity contribution in [2.75, 3.05) is 18.8 Å². The van der Waals surface area contributed by atoms with E-state index in [0.29, 0.717) is 5.56 Å². The number of nitrogen functional groups attached to an aromatic ring is 1. The summed E-state index contributed by atoms with van der Waals surface area (Å²) in [5.41, 5.74) is 8.37. The van der Waals surface area contributed by atoms with Crippen LogP contribution >= 0.6 is 0 Å². The maximum Gasteiger partial charge on any atom is 0.338 e. The number of nitrogens with zero attached hydrogens (tertiary/aromatic N) is 1. The molecule has 9 heteroatoms. The van der Waals surface area contributed by atoms with Crippen molar-refractivity contribution in [3.05, 3.63) is 41.0 Å². The van der Waals surface area contributed by atoms with E-state index in [1.807, 2.05) is 6.92 Å². The van der Waals surface area contributed by atoms with Gasteiger partial charge >= 0.3 is 11.9 Å². The molecule has 2 aliphatic carbocycles. The number of rotatable bonds is 7. The molecule has 1 fully saturated rings. The monoisotopic (exact) mass is 401 g/mol. The number of fused-ring (bicyclic) bond motifs is 1. The highest BCUT2D eigenvalue weighted by atomic mass is 16.7. The molecule has 0 bridgehead atoms. The third-order valence-corrected chi connectivity index (χ3v) is 5.09. The second-order valence-electron chi connectivity index (χ2n) is 7.01. The average molecular weight is 401 g/mol. The van der Waals surface area contributed by atoms with E-state index in [1.165, 1.54) is 12.1 Å². The lowest BCUT2D eigenvalue weighted by Gasteiger charge is -2.23. The number of hydrogen-bond acceptors (Lipinski definition) is 6. The second kappa shape index (κ2) is 8.46. The first-order valence-corrected chi connectivity index (χ1v) is 9.28. The molecule has 29 heavy (non-hydrogen) atoms. The van der Waals surface area contributed by atoms with Crippen molar-refractivity contribution in [2.24, 2.45) is 0 Å². The van der Waals surface area contributed by atoms with Crippen molar-refractivity contribution in [3.8, 4) is 11.1 Å². The van der Waals surface area contributed by atoms with Crippen LogP contribution in [0.5, 0.6) is 0 Å². The average Bonchev–Trinajstić information content (AvgIpc) is 3.23. The Bertz CT molecular complexity index is 871. The first-order valence-electron chi connectivity index (χ1n) is 9.28. The van der Waals surface area contributed by atoms with Crippen LogP contribution in [0.3, 0.4) is 0 Å². The lowest BCUT2D eigenvalue weighted by atomic mass is 10.1. The minimum Gasteiger partial charge on any atom is -0.478 e. The van der Waals surface area contributed by atoms with Gasteiger partial charge in [-0.3, -0.25) is 14.5 Å². The Morgan fingerprint density at radius 1 is 1.07 bits per heavy atom. The lowest BCUT2D eigenvalue weighted by molar-refractivity contribution is -0.147. The molecule has 1 aliphatic heterocycles. The van der Waals surface area contributed by atoms with E-state index in [0.717, 1.165) is 25.9 Å². The molecule has 0 aromatic carbocycles. The van der Waals surface area contributed by atoms with E-state index in [-0.39, 0.29) is 46.5 Å². The molecule has 0 aromatic heterocycles. The summed E-state index contributed by atoms with van der Waals surface area (Å²) in [7, 11) is 0. The molecule has 5 N–H and O–H groups in total. The maximum absolute atomic E-state index is 12.2. The topological polar surface area (TPSA) is 142 Å². The zero-order valence-electron chi connectivity index (χ0n) is 16.0. The number of aromatic carboxylic acids is 2. The number of hydroxylamine groups is 1. The van der Waals surface area contributed by atoms with Gasteiger partial charge in [0.25, 0.3) is 0 Å². The van der Waals surface area contributed by atoms with Crippen LogP contribution in [0, 0.1) is 0 Å². The van der Waals surface area contributed by atoms with Crippen molar-refractivity contribution in [1.29, 1.82) is 0 Å². The molecular weight excluding hydrogens is 378 g/mol. The highest BCUT2D eigenvalue weighted by molar-refractivity contribution is 6.14. The molecule has 3 rings (SSSR count). The van der Waals surface area contributed by atoms with Crippen molar-refractivity contribution >= 4 is 23.5 Å². The van der Waals surface area contributed by atoms with Crippen LogP contribution in [0.15, 0.2) is 24.3 Å². The normalized spacial score (nSPS) is 15.3. The van der Waals surface area contributed by atoms with Gasteiger partial charge in [-0.1, -0.05) is 24.3 Å². The number of carbonyl (C=O) groups excluding carboxylic acids is 1. The fraction of sp³-hybridized carbons (Fsp3) is 0.350. The van der Waals surface area contributed by atoms with Crippen LogP contribution in [0.2, 0.25) is 0 Å². The molecule has 1 atom stereocenters. The predicted molar refractivity (Wildman–Crippen MR) is 105 cm³/mol. The highest BCUT2D eigenvalue weighted by Gasteiger charge is 2.28. The van der Waals surface area contributed by atoms with Crippen LogP contribution in [-0.4, -0.2) is 52.3 Å². The Hall–Kier alpha value is -3.17. The molecule has 3 aliphatic rings. The maximum atomic E-state index is 12.2. The largest absolute Gasteiger partial charge is 0.478 e. The Balaban J connectivity index is 1.77. The first kappa shape index (κ1) is 20.6. The van der Waals surface area contributed by atoms with Crippen LogP contribution in [0.25, 0.3) is 11.1 Å². The summed E-state index contributed by atoms with van der Waals surface area (Å²) in [6.45, 7) is 3.73. The van der Waals surface area contributed by atoms with E-state index in [1.54, 1.807) is 12.1 Å². The number of nitrogens with one attached hydrogen (secondary N) is 1. The van der Waals surface area contributed by atoms with Crippen molar-refractivity contribution in [3.63, 3.8) is 0 Å². The molecule has 0 saturated carbocycles. The quantitative estimate of drug-likeness (QED) is 0.515. The van der Waals surface area contributed by atoms with E-state index in [4.69, 9.17) is 10.6 Å². The standard InChI is InChI=1S/C20H23N3O6/c1-11(23-8-2-3-9-23)29-22-15(24)10-12-4-6-13-14(7-5-12)17(20(27)28)18(21)16(13)19(25)26/h4-7,11H,2-3,8-10,21H2,1H3,(H,22,24)(H,25,26)(H,27,28). The van der Waals surface area contributed by atoms with Crippen molar-refractivity contribution < 1.29 is 29.4 Å². The van der Waals surface area contributed by atoms with Gasteiger partial charge in [0.2, 0.25) is 5.91 Å². The third-order valence-electron chi connectivity index (χ3n) is 5.09. The van der Waals surface area contributed by atoms with E-state index in [9.17, 15) is 24.6 Å². The molecular formula is C20H23N3O6. The molecule has 0 aromatic rings. The molecule has 0 spiro atoms. The number of hydrogen-bond donors (Lipinski definition) is 4. The molecule has 9 nitrogen and oxygen atoms in total. The first-order chi connectivity index (χ1) is 13.8. The predicted octanol–water partition coefficient (Wildman–Crippen LogP) is 1.80. The molecule has 1 saturated heterocycles. The van der Waals surface area contributed by atoms with Crippen LogP contribution in [-0.2, 0) is 16.1 Å². The van der Waals surface area contributed by atoms with E-state index in [2.05, 4.69) is 10.4 Å². The fourth-order valence-corrected chi connectivity index (χ4v) is 3.60. The second-order valence-corrected chi connectivity index (χ2v) is 7.01. The lowest BCUT2D eigenvalue weighted by Crippen LogP contribution is -2.39. The number of likely N-dealkylation sites (tertiary alicyclic amines) is 1. The number of carboxylic acids is 2. The van der Waals surface area contributed by atoms with Crippen LogP contribution in [0.1, 0.15) is 46.0 Å². The number of nitrogens with two attached hydrogens (primary N) is 1. The Morgan fingerprint density at radius 3 is 2.07 bits per heavy atom. The van der Waals surface area contributed by atoms with Gasteiger partial charge in [0.1, 0.15) is 6.23 Å². The SMILES string of the molecule is CC(ONC(=O)Cc1ccc2c(C(=O)O)c(N)c(C(=O)O)c-2cc1)N1CCCC1. The van der Waals surface area contributed by atoms with Gasteiger partial charge in [0.05, 0.1) is 23.2 Å². The summed E-state index contributed by atoms with van der Waals surface area (Å²) in [6.07, 6.45) is 1.99.